The van der Waals surface area contributed by atoms with Crippen LogP contribution in [-0.4, -0.2) is 54.5 Å². The average Bonchev–Trinajstić information content (AvgIpc) is 2.28. The number of hydrogen-bond donors (Lipinski definition) is 2. The minimum atomic E-state index is -0.361. The van der Waals surface area contributed by atoms with E-state index in [-0.39, 0.29) is 24.2 Å². The van der Waals surface area contributed by atoms with Crippen LogP contribution >= 0.6 is 0 Å². The van der Waals surface area contributed by atoms with Crippen molar-refractivity contribution in [3.63, 3.8) is 0 Å². The van der Waals surface area contributed by atoms with Crippen molar-refractivity contribution in [3.05, 3.63) is 0 Å². The van der Waals surface area contributed by atoms with E-state index in [0.29, 0.717) is 6.61 Å². The highest BCUT2D eigenvalue weighted by atomic mass is 16.5. The Labute approximate surface area is 103 Å². The van der Waals surface area contributed by atoms with Gasteiger partial charge in [-0.1, -0.05) is 6.92 Å². The molecule has 3 unspecified atom stereocenters. The normalized spacial score (nSPS) is 27.5. The molecule has 0 saturated carbocycles. The van der Waals surface area contributed by atoms with E-state index in [1.54, 1.807) is 6.92 Å². The molecule has 0 aliphatic carbocycles. The largest absolute Gasteiger partial charge is 0.450 e. The Morgan fingerprint density at radius 1 is 1.53 bits per heavy atom. The third kappa shape index (κ3) is 4.52. The molecule has 1 aliphatic heterocycles. The first kappa shape index (κ1) is 14.3. The van der Waals surface area contributed by atoms with Gasteiger partial charge in [-0.15, -0.1) is 0 Å². The lowest BCUT2D eigenvalue weighted by Crippen LogP contribution is -2.52. The number of nitrogens with zero attached hydrogens (tertiary/aromatic N) is 1. The molecule has 1 aliphatic rings. The summed E-state index contributed by atoms with van der Waals surface area (Å²) in [4.78, 5) is 13.6. The van der Waals surface area contributed by atoms with Crippen molar-refractivity contribution in [2.75, 3.05) is 26.2 Å². The van der Waals surface area contributed by atoms with Crippen LogP contribution < -0.4 is 5.32 Å². The lowest BCUT2D eigenvalue weighted by atomic mass is 9.90. The van der Waals surface area contributed by atoms with Crippen LogP contribution in [-0.2, 0) is 4.74 Å². The van der Waals surface area contributed by atoms with Gasteiger partial charge in [0.25, 0.3) is 0 Å². The Bertz CT molecular complexity index is 246. The van der Waals surface area contributed by atoms with Crippen molar-refractivity contribution in [2.24, 2.45) is 5.92 Å². The number of piperidine rings is 1. The second-order valence-corrected chi connectivity index (χ2v) is 4.65. The number of rotatable bonds is 4. The van der Waals surface area contributed by atoms with Gasteiger partial charge in [-0.05, 0) is 32.7 Å². The van der Waals surface area contributed by atoms with E-state index in [4.69, 9.17) is 4.74 Å². The Morgan fingerprint density at radius 2 is 2.24 bits per heavy atom. The van der Waals surface area contributed by atoms with Crippen molar-refractivity contribution >= 4 is 6.09 Å². The number of aliphatic hydroxyl groups excluding tert-OH is 1. The number of aliphatic hydroxyl groups is 1. The third-order valence-corrected chi connectivity index (χ3v) is 3.29. The van der Waals surface area contributed by atoms with E-state index < -0.39 is 0 Å². The van der Waals surface area contributed by atoms with Crippen LogP contribution in [0.15, 0.2) is 0 Å². The molecule has 0 spiro atoms. The van der Waals surface area contributed by atoms with E-state index in [0.717, 1.165) is 26.1 Å². The Balaban J connectivity index is 2.50. The molecule has 1 fully saturated rings. The van der Waals surface area contributed by atoms with E-state index in [9.17, 15) is 9.90 Å². The highest BCUT2D eigenvalue weighted by molar-refractivity contribution is 5.67. The summed E-state index contributed by atoms with van der Waals surface area (Å²) >= 11 is 0. The molecule has 2 N–H and O–H groups in total. The summed E-state index contributed by atoms with van der Waals surface area (Å²) in [6.07, 6.45) is 0.114. The molecule has 100 valence electrons. The number of hydrogen-bond acceptors (Lipinski definition) is 4. The van der Waals surface area contributed by atoms with Gasteiger partial charge in [-0.25, -0.2) is 4.79 Å². The molecule has 1 saturated heterocycles. The zero-order chi connectivity index (χ0) is 12.8. The van der Waals surface area contributed by atoms with E-state index in [2.05, 4.69) is 17.1 Å². The number of nitrogens with one attached hydrogen (secondary N) is 1. The number of carbonyl (C=O) groups is 1. The van der Waals surface area contributed by atoms with Crippen LogP contribution in [0.4, 0.5) is 4.79 Å². The summed E-state index contributed by atoms with van der Waals surface area (Å²) in [7, 11) is 0. The molecule has 0 aromatic carbocycles. The molecule has 5 heteroatoms. The monoisotopic (exact) mass is 244 g/mol. The summed E-state index contributed by atoms with van der Waals surface area (Å²) in [5, 5.41) is 12.5. The minimum absolute atomic E-state index is 0.0716. The lowest BCUT2D eigenvalue weighted by molar-refractivity contribution is 0.0485. The third-order valence-electron chi connectivity index (χ3n) is 3.29. The lowest BCUT2D eigenvalue weighted by Gasteiger charge is -2.38. The van der Waals surface area contributed by atoms with Crippen LogP contribution in [0, 0.1) is 5.92 Å². The zero-order valence-electron chi connectivity index (χ0n) is 11.0. The molecule has 0 aromatic heterocycles. The number of likely N-dealkylation sites (N-methyl/N-ethyl adjacent to an activating group) is 1. The zero-order valence-corrected chi connectivity index (χ0v) is 11.0. The minimum Gasteiger partial charge on any atom is -0.450 e. The fourth-order valence-corrected chi connectivity index (χ4v) is 2.28. The topological polar surface area (TPSA) is 61.8 Å². The maximum atomic E-state index is 11.4. The molecule has 0 bridgehead atoms. The molecular weight excluding hydrogens is 220 g/mol. The van der Waals surface area contributed by atoms with E-state index in [1.165, 1.54) is 0 Å². The average molecular weight is 244 g/mol. The molecule has 1 heterocycles. The van der Waals surface area contributed by atoms with Crippen LogP contribution in [0.1, 0.15) is 27.2 Å². The van der Waals surface area contributed by atoms with Gasteiger partial charge < -0.3 is 20.1 Å². The Kier molecular flexibility index (Phi) is 5.71. The molecule has 3 atom stereocenters. The fourth-order valence-electron chi connectivity index (χ4n) is 2.28. The van der Waals surface area contributed by atoms with Gasteiger partial charge in [0.15, 0.2) is 0 Å². The predicted molar refractivity (Wildman–Crippen MR) is 65.8 cm³/mol. The smallest absolute Gasteiger partial charge is 0.407 e. The summed E-state index contributed by atoms with van der Waals surface area (Å²) in [6.45, 7) is 8.74. The number of carbonyl (C=O) groups excluding carboxylic acids is 1. The van der Waals surface area contributed by atoms with Crippen molar-refractivity contribution in [1.29, 1.82) is 0 Å². The Hall–Kier alpha value is -0.810. The van der Waals surface area contributed by atoms with Gasteiger partial charge in [0.1, 0.15) is 0 Å². The standard InChI is InChI=1S/C12H24N2O3/c1-4-14-7-10(9(3)15)6-11(8-14)13-12(16)17-5-2/h9-11,15H,4-8H2,1-3H3,(H,13,16). The molecule has 0 aromatic rings. The molecule has 1 rings (SSSR count). The molecule has 1 amide bonds. The van der Waals surface area contributed by atoms with E-state index in [1.807, 2.05) is 6.92 Å². The van der Waals surface area contributed by atoms with Crippen LogP contribution in [0.25, 0.3) is 0 Å². The number of amides is 1. The highest BCUT2D eigenvalue weighted by Gasteiger charge is 2.30. The van der Waals surface area contributed by atoms with Crippen LogP contribution in [0.3, 0.4) is 0 Å². The maximum absolute atomic E-state index is 11.4. The Morgan fingerprint density at radius 3 is 2.76 bits per heavy atom. The van der Waals surface area contributed by atoms with E-state index >= 15 is 0 Å². The van der Waals surface area contributed by atoms with Gasteiger partial charge in [0.2, 0.25) is 0 Å². The first-order valence-corrected chi connectivity index (χ1v) is 6.40. The molecule has 17 heavy (non-hydrogen) atoms. The van der Waals surface area contributed by atoms with Crippen molar-refractivity contribution in [2.45, 2.75) is 39.3 Å². The summed E-state index contributed by atoms with van der Waals surface area (Å²) < 4.78 is 4.88. The van der Waals surface area contributed by atoms with Gasteiger partial charge in [0, 0.05) is 19.1 Å². The molecule has 5 nitrogen and oxygen atoms in total. The van der Waals surface area contributed by atoms with Crippen LogP contribution in [0.5, 0.6) is 0 Å². The summed E-state index contributed by atoms with van der Waals surface area (Å²) in [5.41, 5.74) is 0. The predicted octanol–water partition coefficient (Wildman–Crippen LogP) is 0.824. The first-order chi connectivity index (χ1) is 8.06. The number of likely N-dealkylation sites (tertiary alicyclic amines) is 1. The van der Waals surface area contributed by atoms with Gasteiger partial charge in [-0.3, -0.25) is 0 Å². The second-order valence-electron chi connectivity index (χ2n) is 4.65. The molecular formula is C12H24N2O3. The summed E-state index contributed by atoms with van der Waals surface area (Å²) in [5.74, 6) is 0.218. The van der Waals surface area contributed by atoms with Crippen molar-refractivity contribution in [1.82, 2.24) is 10.2 Å². The second kappa shape index (κ2) is 6.81. The SMILES string of the molecule is CCOC(=O)NC1CC(C(C)O)CN(CC)C1. The van der Waals surface area contributed by atoms with Crippen LogP contribution in [0.2, 0.25) is 0 Å². The van der Waals surface area contributed by atoms with Gasteiger partial charge >= 0.3 is 6.09 Å². The maximum Gasteiger partial charge on any atom is 0.407 e. The quantitative estimate of drug-likeness (QED) is 0.768. The first-order valence-electron chi connectivity index (χ1n) is 6.40. The van der Waals surface area contributed by atoms with Gasteiger partial charge in [0.05, 0.1) is 12.7 Å². The number of ether oxygens (including phenoxy) is 1. The molecule has 0 radical (unpaired) electrons. The summed E-state index contributed by atoms with van der Waals surface area (Å²) in [6, 6.07) is 0.0716. The van der Waals surface area contributed by atoms with Crippen molar-refractivity contribution in [3.8, 4) is 0 Å². The van der Waals surface area contributed by atoms with Crippen molar-refractivity contribution < 1.29 is 14.6 Å². The highest BCUT2D eigenvalue weighted by Crippen LogP contribution is 2.20. The number of alkyl carbamates (subject to hydrolysis) is 1. The van der Waals surface area contributed by atoms with Gasteiger partial charge in [-0.2, -0.15) is 0 Å². The fraction of sp³-hybridized carbons (Fsp3) is 0.917.